The van der Waals surface area contributed by atoms with Crippen LogP contribution in [0, 0.1) is 11.7 Å². The highest BCUT2D eigenvalue weighted by atomic mass is 19.1. The van der Waals surface area contributed by atoms with Crippen LogP contribution in [0.15, 0.2) is 24.3 Å². The molecular formula is C13H18FNO. The van der Waals surface area contributed by atoms with Gasteiger partial charge in [0, 0.05) is 6.07 Å². The summed E-state index contributed by atoms with van der Waals surface area (Å²) in [5.41, 5.74) is 0. The lowest BCUT2D eigenvalue weighted by atomic mass is 9.93. The number of piperidine rings is 1. The van der Waals surface area contributed by atoms with E-state index in [-0.39, 0.29) is 11.9 Å². The van der Waals surface area contributed by atoms with Gasteiger partial charge in [0.2, 0.25) is 0 Å². The zero-order valence-corrected chi connectivity index (χ0v) is 9.58. The molecule has 88 valence electrons. The third-order valence-electron chi connectivity index (χ3n) is 3.17. The maximum Gasteiger partial charge on any atom is 0.126 e. The lowest BCUT2D eigenvalue weighted by Gasteiger charge is -2.28. The number of rotatable bonds is 3. The van der Waals surface area contributed by atoms with Crippen LogP contribution in [0.2, 0.25) is 0 Å². The quantitative estimate of drug-likeness (QED) is 0.850. The molecule has 1 aliphatic rings. The zero-order chi connectivity index (χ0) is 11.4. The summed E-state index contributed by atoms with van der Waals surface area (Å²) in [7, 11) is 0. The van der Waals surface area contributed by atoms with Gasteiger partial charge in [-0.15, -0.1) is 0 Å². The fourth-order valence-electron chi connectivity index (χ4n) is 2.16. The molecule has 1 aliphatic heterocycles. The second-order valence-electron chi connectivity index (χ2n) is 4.37. The average molecular weight is 223 g/mol. The van der Waals surface area contributed by atoms with Gasteiger partial charge in [0.05, 0.1) is 6.10 Å². The van der Waals surface area contributed by atoms with E-state index in [9.17, 15) is 4.39 Å². The van der Waals surface area contributed by atoms with Gasteiger partial charge < -0.3 is 10.1 Å². The molecule has 1 fully saturated rings. The van der Waals surface area contributed by atoms with Crippen molar-refractivity contribution in [1.82, 2.24) is 5.32 Å². The Morgan fingerprint density at radius 3 is 2.81 bits per heavy atom. The molecule has 3 heteroatoms. The summed E-state index contributed by atoms with van der Waals surface area (Å²) in [4.78, 5) is 0. The van der Waals surface area contributed by atoms with E-state index in [2.05, 4.69) is 12.2 Å². The van der Waals surface area contributed by atoms with Gasteiger partial charge in [0.15, 0.2) is 0 Å². The molecule has 0 bridgehead atoms. The highest BCUT2D eigenvalue weighted by molar-refractivity contribution is 5.22. The first-order chi connectivity index (χ1) is 7.75. The molecule has 0 aliphatic carbocycles. The topological polar surface area (TPSA) is 21.3 Å². The molecule has 0 saturated carbocycles. The van der Waals surface area contributed by atoms with Crippen molar-refractivity contribution in [3.8, 4) is 5.75 Å². The van der Waals surface area contributed by atoms with E-state index in [1.54, 1.807) is 12.1 Å². The minimum Gasteiger partial charge on any atom is -0.490 e. The monoisotopic (exact) mass is 223 g/mol. The molecule has 0 amide bonds. The Labute approximate surface area is 95.8 Å². The van der Waals surface area contributed by atoms with Crippen LogP contribution in [0.5, 0.6) is 5.75 Å². The number of halogens is 1. The summed E-state index contributed by atoms with van der Waals surface area (Å²) < 4.78 is 18.7. The highest BCUT2D eigenvalue weighted by Crippen LogP contribution is 2.22. The van der Waals surface area contributed by atoms with Crippen molar-refractivity contribution in [1.29, 1.82) is 0 Å². The first kappa shape index (κ1) is 11.4. The molecular weight excluding hydrogens is 205 g/mol. The molecule has 1 saturated heterocycles. The molecule has 0 aromatic heterocycles. The van der Waals surface area contributed by atoms with Gasteiger partial charge in [0.25, 0.3) is 0 Å². The molecule has 1 aromatic carbocycles. The van der Waals surface area contributed by atoms with Crippen LogP contribution in [0.1, 0.15) is 19.8 Å². The smallest absolute Gasteiger partial charge is 0.126 e. The van der Waals surface area contributed by atoms with Crippen molar-refractivity contribution in [2.75, 3.05) is 13.1 Å². The standard InChI is InChI=1S/C13H18FNO/c1-10(11-5-7-15-8-6-11)16-13-4-2-3-12(14)9-13/h2-4,9-11,15H,5-8H2,1H3. The Balaban J connectivity index is 1.93. The SMILES string of the molecule is CC(Oc1cccc(F)c1)C1CCNCC1. The lowest BCUT2D eigenvalue weighted by molar-refractivity contribution is 0.128. The number of hydrogen-bond acceptors (Lipinski definition) is 2. The second kappa shape index (κ2) is 5.30. The van der Waals surface area contributed by atoms with Crippen molar-refractivity contribution in [2.24, 2.45) is 5.92 Å². The van der Waals surface area contributed by atoms with Crippen molar-refractivity contribution in [2.45, 2.75) is 25.9 Å². The van der Waals surface area contributed by atoms with E-state index in [0.717, 1.165) is 25.9 Å². The van der Waals surface area contributed by atoms with Crippen LogP contribution < -0.4 is 10.1 Å². The van der Waals surface area contributed by atoms with E-state index >= 15 is 0 Å². The summed E-state index contributed by atoms with van der Waals surface area (Å²) in [5, 5.41) is 3.33. The van der Waals surface area contributed by atoms with E-state index in [4.69, 9.17) is 4.74 Å². The Morgan fingerprint density at radius 1 is 1.38 bits per heavy atom. The molecule has 1 unspecified atom stereocenters. The highest BCUT2D eigenvalue weighted by Gasteiger charge is 2.21. The molecule has 1 aromatic rings. The molecule has 0 radical (unpaired) electrons. The van der Waals surface area contributed by atoms with Gasteiger partial charge in [-0.2, -0.15) is 0 Å². The van der Waals surface area contributed by atoms with Crippen LogP contribution in [-0.2, 0) is 0 Å². The maximum absolute atomic E-state index is 13.0. The van der Waals surface area contributed by atoms with Crippen molar-refractivity contribution < 1.29 is 9.13 Å². The van der Waals surface area contributed by atoms with Crippen LogP contribution >= 0.6 is 0 Å². The third kappa shape index (κ3) is 2.95. The Bertz CT molecular complexity index is 336. The summed E-state index contributed by atoms with van der Waals surface area (Å²) in [6.45, 7) is 4.18. The summed E-state index contributed by atoms with van der Waals surface area (Å²) >= 11 is 0. The maximum atomic E-state index is 13.0. The number of ether oxygens (including phenoxy) is 1. The van der Waals surface area contributed by atoms with Gasteiger partial charge in [-0.05, 0) is 50.9 Å². The predicted octanol–water partition coefficient (Wildman–Crippen LogP) is 2.59. The minimum atomic E-state index is -0.241. The van der Waals surface area contributed by atoms with Crippen molar-refractivity contribution in [3.05, 3.63) is 30.1 Å². The molecule has 2 nitrogen and oxygen atoms in total. The van der Waals surface area contributed by atoms with Crippen LogP contribution in [0.4, 0.5) is 4.39 Å². The number of nitrogens with one attached hydrogen (secondary N) is 1. The Kier molecular flexibility index (Phi) is 3.78. The van der Waals surface area contributed by atoms with E-state index in [1.165, 1.54) is 12.1 Å². The fraction of sp³-hybridized carbons (Fsp3) is 0.538. The van der Waals surface area contributed by atoms with Crippen molar-refractivity contribution in [3.63, 3.8) is 0 Å². The van der Waals surface area contributed by atoms with Gasteiger partial charge in [-0.1, -0.05) is 6.07 Å². The molecule has 1 heterocycles. The lowest BCUT2D eigenvalue weighted by Crippen LogP contribution is -2.35. The van der Waals surface area contributed by atoms with Crippen LogP contribution in [-0.4, -0.2) is 19.2 Å². The average Bonchev–Trinajstić information content (AvgIpc) is 2.30. The number of hydrogen-bond donors (Lipinski definition) is 1. The summed E-state index contributed by atoms with van der Waals surface area (Å²) in [5.74, 6) is 0.963. The van der Waals surface area contributed by atoms with Gasteiger partial charge in [0.1, 0.15) is 11.6 Å². The molecule has 2 rings (SSSR count). The Morgan fingerprint density at radius 2 is 2.12 bits per heavy atom. The summed E-state index contributed by atoms with van der Waals surface area (Å²) in [6, 6.07) is 6.36. The molecule has 16 heavy (non-hydrogen) atoms. The largest absolute Gasteiger partial charge is 0.490 e. The Hall–Kier alpha value is -1.09. The fourth-order valence-corrected chi connectivity index (χ4v) is 2.16. The van der Waals surface area contributed by atoms with Crippen LogP contribution in [0.3, 0.4) is 0 Å². The molecule has 1 N–H and O–H groups in total. The molecule has 0 spiro atoms. The second-order valence-corrected chi connectivity index (χ2v) is 4.37. The third-order valence-corrected chi connectivity index (χ3v) is 3.17. The zero-order valence-electron chi connectivity index (χ0n) is 9.58. The summed E-state index contributed by atoms with van der Waals surface area (Å²) in [6.07, 6.45) is 2.43. The number of benzene rings is 1. The van der Waals surface area contributed by atoms with Gasteiger partial charge >= 0.3 is 0 Å². The van der Waals surface area contributed by atoms with E-state index < -0.39 is 0 Å². The normalized spacial score (nSPS) is 19.4. The molecule has 1 atom stereocenters. The predicted molar refractivity (Wildman–Crippen MR) is 62.1 cm³/mol. The van der Waals surface area contributed by atoms with E-state index in [1.807, 2.05) is 0 Å². The van der Waals surface area contributed by atoms with Gasteiger partial charge in [-0.3, -0.25) is 0 Å². The first-order valence-electron chi connectivity index (χ1n) is 5.88. The van der Waals surface area contributed by atoms with Gasteiger partial charge in [-0.25, -0.2) is 4.39 Å². The first-order valence-corrected chi connectivity index (χ1v) is 5.88. The van der Waals surface area contributed by atoms with Crippen LogP contribution in [0.25, 0.3) is 0 Å². The minimum absolute atomic E-state index is 0.156. The van der Waals surface area contributed by atoms with E-state index in [0.29, 0.717) is 11.7 Å². The van der Waals surface area contributed by atoms with Crippen molar-refractivity contribution >= 4 is 0 Å².